The molecule has 0 atom stereocenters. The Morgan fingerprint density at radius 1 is 1.12 bits per heavy atom. The van der Waals surface area contributed by atoms with Crippen molar-refractivity contribution >= 4 is 11.9 Å². The van der Waals surface area contributed by atoms with E-state index in [1.807, 2.05) is 0 Å². The van der Waals surface area contributed by atoms with Crippen molar-refractivity contribution in [3.05, 3.63) is 35.7 Å². The van der Waals surface area contributed by atoms with Crippen molar-refractivity contribution in [3.63, 3.8) is 0 Å². The zero-order valence-electron chi connectivity index (χ0n) is 9.39. The number of esters is 2. The van der Waals surface area contributed by atoms with Gasteiger partial charge in [-0.1, -0.05) is 6.08 Å². The molecule has 0 unspecified atom stereocenters. The second kappa shape index (κ2) is 5.16. The van der Waals surface area contributed by atoms with Gasteiger partial charge in [-0.25, -0.2) is 9.59 Å². The van der Waals surface area contributed by atoms with Crippen molar-refractivity contribution < 1.29 is 19.1 Å². The molecule has 0 amide bonds. The first-order chi connectivity index (χ1) is 7.61. The first kappa shape index (κ1) is 12.0. The number of nitrogens with zero attached hydrogens (tertiary/aromatic N) is 1. The van der Waals surface area contributed by atoms with Crippen molar-refractivity contribution in [1.82, 2.24) is 4.90 Å². The minimum absolute atomic E-state index is 0.117. The normalized spacial score (nSPS) is 13.7. The number of carbonyl (C=O) groups is 2. The lowest BCUT2D eigenvalue weighted by molar-refractivity contribution is -0.144. The van der Waals surface area contributed by atoms with Crippen LogP contribution in [-0.2, 0) is 19.1 Å². The highest BCUT2D eigenvalue weighted by Crippen LogP contribution is 2.17. The number of methoxy groups -OCH3 is 2. The third kappa shape index (κ3) is 2.31. The van der Waals surface area contributed by atoms with Crippen molar-refractivity contribution in [2.45, 2.75) is 0 Å². The van der Waals surface area contributed by atoms with E-state index < -0.39 is 11.9 Å². The summed E-state index contributed by atoms with van der Waals surface area (Å²) in [6.45, 7) is 0. The van der Waals surface area contributed by atoms with Crippen LogP contribution in [0.1, 0.15) is 0 Å². The molecule has 0 bridgehead atoms. The molecule has 5 nitrogen and oxygen atoms in total. The third-order valence-electron chi connectivity index (χ3n) is 2.09. The molecule has 5 heteroatoms. The second-order valence-electron chi connectivity index (χ2n) is 3.05. The zero-order chi connectivity index (χ0) is 12.1. The van der Waals surface area contributed by atoms with E-state index in [2.05, 4.69) is 9.47 Å². The maximum Gasteiger partial charge on any atom is 0.347 e. The Labute approximate surface area is 93.6 Å². The Morgan fingerprint density at radius 2 is 1.69 bits per heavy atom. The summed E-state index contributed by atoms with van der Waals surface area (Å²) in [5, 5.41) is 0. The number of carbonyl (C=O) groups excluding carboxylic acids is 2. The van der Waals surface area contributed by atoms with Gasteiger partial charge in [-0.05, 0) is 12.2 Å². The van der Waals surface area contributed by atoms with Gasteiger partial charge in [-0.3, -0.25) is 0 Å². The van der Waals surface area contributed by atoms with Gasteiger partial charge in [0.2, 0.25) is 0 Å². The molecule has 0 saturated heterocycles. The number of hydrogen-bond donors (Lipinski definition) is 0. The average molecular weight is 223 g/mol. The van der Waals surface area contributed by atoms with E-state index in [9.17, 15) is 9.59 Å². The van der Waals surface area contributed by atoms with Gasteiger partial charge in [0.25, 0.3) is 0 Å². The van der Waals surface area contributed by atoms with Crippen LogP contribution >= 0.6 is 0 Å². The van der Waals surface area contributed by atoms with Crippen molar-refractivity contribution in [1.29, 1.82) is 0 Å². The fraction of sp³-hybridized carbons (Fsp3) is 0.273. The van der Waals surface area contributed by atoms with E-state index >= 15 is 0 Å². The van der Waals surface area contributed by atoms with E-state index in [0.29, 0.717) is 5.70 Å². The summed E-state index contributed by atoms with van der Waals surface area (Å²) in [5.74, 6) is -1.43. The Bertz CT molecular complexity index is 375. The van der Waals surface area contributed by atoms with Crippen LogP contribution in [0.25, 0.3) is 0 Å². The highest BCUT2D eigenvalue weighted by atomic mass is 16.5. The van der Waals surface area contributed by atoms with Crippen LogP contribution in [0.15, 0.2) is 35.7 Å². The largest absolute Gasteiger partial charge is 0.465 e. The molecular formula is C11H13NO4. The van der Waals surface area contributed by atoms with E-state index in [0.717, 1.165) is 0 Å². The molecule has 0 aromatic heterocycles. The summed E-state index contributed by atoms with van der Waals surface area (Å²) in [6, 6.07) is 0. The second-order valence-corrected chi connectivity index (χ2v) is 3.05. The van der Waals surface area contributed by atoms with Crippen LogP contribution < -0.4 is 0 Å². The van der Waals surface area contributed by atoms with Gasteiger partial charge < -0.3 is 14.4 Å². The Kier molecular flexibility index (Phi) is 3.88. The number of rotatable bonds is 2. The molecule has 0 N–H and O–H groups in total. The van der Waals surface area contributed by atoms with Crippen molar-refractivity contribution in [3.8, 4) is 0 Å². The predicted molar refractivity (Wildman–Crippen MR) is 57.1 cm³/mol. The first-order valence-corrected chi connectivity index (χ1v) is 4.60. The number of likely N-dealkylation sites (N-methyl/N-ethyl adjacent to an activating group) is 1. The minimum Gasteiger partial charge on any atom is -0.465 e. The molecule has 1 heterocycles. The van der Waals surface area contributed by atoms with E-state index in [1.54, 1.807) is 36.4 Å². The van der Waals surface area contributed by atoms with Gasteiger partial charge in [0.15, 0.2) is 5.57 Å². The van der Waals surface area contributed by atoms with E-state index in [1.165, 1.54) is 14.2 Å². The molecule has 0 spiro atoms. The molecular weight excluding hydrogens is 210 g/mol. The third-order valence-corrected chi connectivity index (χ3v) is 2.09. The lowest BCUT2D eigenvalue weighted by atomic mass is 10.1. The summed E-state index contributed by atoms with van der Waals surface area (Å²) in [4.78, 5) is 24.6. The van der Waals surface area contributed by atoms with Crippen LogP contribution in [0, 0.1) is 0 Å². The number of ether oxygens (including phenoxy) is 2. The van der Waals surface area contributed by atoms with Crippen LogP contribution in [0.5, 0.6) is 0 Å². The van der Waals surface area contributed by atoms with Crippen LogP contribution in [0.2, 0.25) is 0 Å². The zero-order valence-corrected chi connectivity index (χ0v) is 9.39. The standard InChI is InChI=1S/C11H13NO4/c1-12-7-5-4-6-8(12)9(10(13)15-2)11(14)16-3/h4-7H,1-3H3. The SMILES string of the molecule is COC(=O)C(C(=O)OC)=C1C=CC=CN1C. The van der Waals surface area contributed by atoms with Gasteiger partial charge in [0.1, 0.15) is 0 Å². The maximum atomic E-state index is 11.5. The van der Waals surface area contributed by atoms with E-state index in [4.69, 9.17) is 0 Å². The Hall–Kier alpha value is -2.04. The van der Waals surface area contributed by atoms with Gasteiger partial charge in [0.05, 0.1) is 19.9 Å². The Balaban J connectivity index is 3.22. The molecule has 16 heavy (non-hydrogen) atoms. The van der Waals surface area contributed by atoms with Gasteiger partial charge in [-0.2, -0.15) is 0 Å². The van der Waals surface area contributed by atoms with Crippen LogP contribution in [0.3, 0.4) is 0 Å². The summed E-state index contributed by atoms with van der Waals surface area (Å²) in [5.41, 5.74) is 0.328. The summed E-state index contributed by atoms with van der Waals surface area (Å²) >= 11 is 0. The summed E-state index contributed by atoms with van der Waals surface area (Å²) in [7, 11) is 4.16. The van der Waals surface area contributed by atoms with E-state index in [-0.39, 0.29) is 5.57 Å². The molecule has 0 saturated carbocycles. The predicted octanol–water partition coefficient (Wildman–Crippen LogP) is 0.602. The number of allylic oxidation sites excluding steroid dienone is 3. The lowest BCUT2D eigenvalue weighted by Gasteiger charge is -2.20. The molecule has 0 aromatic carbocycles. The fourth-order valence-corrected chi connectivity index (χ4v) is 1.28. The van der Waals surface area contributed by atoms with Crippen LogP contribution in [0.4, 0.5) is 0 Å². The molecule has 0 aliphatic carbocycles. The molecule has 1 aliphatic rings. The Morgan fingerprint density at radius 3 is 2.12 bits per heavy atom. The first-order valence-electron chi connectivity index (χ1n) is 4.60. The minimum atomic E-state index is -0.714. The molecule has 86 valence electrons. The van der Waals surface area contributed by atoms with Crippen molar-refractivity contribution in [2.24, 2.45) is 0 Å². The molecule has 0 radical (unpaired) electrons. The van der Waals surface area contributed by atoms with Gasteiger partial charge >= 0.3 is 11.9 Å². The average Bonchev–Trinajstić information content (AvgIpc) is 2.31. The molecule has 0 aromatic rings. The summed E-state index contributed by atoms with van der Waals surface area (Å²) in [6.07, 6.45) is 6.88. The summed E-state index contributed by atoms with van der Waals surface area (Å²) < 4.78 is 9.11. The number of hydrogen-bond acceptors (Lipinski definition) is 5. The quantitative estimate of drug-likeness (QED) is 0.297. The fourth-order valence-electron chi connectivity index (χ4n) is 1.28. The smallest absolute Gasteiger partial charge is 0.347 e. The molecule has 1 aliphatic heterocycles. The molecule has 1 rings (SSSR count). The lowest BCUT2D eigenvalue weighted by Crippen LogP contribution is -2.23. The maximum absolute atomic E-state index is 11.5. The van der Waals surface area contributed by atoms with Crippen molar-refractivity contribution in [2.75, 3.05) is 21.3 Å². The highest BCUT2D eigenvalue weighted by Gasteiger charge is 2.25. The topological polar surface area (TPSA) is 55.8 Å². The van der Waals surface area contributed by atoms with Crippen LogP contribution in [-0.4, -0.2) is 38.1 Å². The highest BCUT2D eigenvalue weighted by molar-refractivity contribution is 6.15. The van der Waals surface area contributed by atoms with Gasteiger partial charge in [0, 0.05) is 13.2 Å². The molecule has 0 fully saturated rings. The van der Waals surface area contributed by atoms with Gasteiger partial charge in [-0.15, -0.1) is 0 Å². The monoisotopic (exact) mass is 223 g/mol.